The molecular weight excluding hydrogens is 256 g/mol. The number of hydrogen-bond acceptors (Lipinski definition) is 5. The van der Waals surface area contributed by atoms with Crippen molar-refractivity contribution in [2.45, 2.75) is 19.4 Å². The number of rotatable bonds is 4. The van der Waals surface area contributed by atoms with Crippen LogP contribution >= 0.6 is 11.3 Å². The standard InChI is InChI=1S/C11H14N2O4S/c14-10(7-1-3-17-4-2-7)12-5-9-13-8(6-18-9)11(15)16/h6-7H,1-5H2,(H,12,14)(H,15,16). The minimum absolute atomic E-state index is 0.00217. The largest absolute Gasteiger partial charge is 0.476 e. The molecule has 0 aromatic carbocycles. The Morgan fingerprint density at radius 1 is 1.50 bits per heavy atom. The first kappa shape index (κ1) is 13.0. The lowest BCUT2D eigenvalue weighted by molar-refractivity contribution is -0.128. The summed E-state index contributed by atoms with van der Waals surface area (Å²) in [5, 5.41) is 13.6. The lowest BCUT2D eigenvalue weighted by Gasteiger charge is -2.20. The van der Waals surface area contributed by atoms with Gasteiger partial charge in [-0.3, -0.25) is 4.79 Å². The Morgan fingerprint density at radius 2 is 2.22 bits per heavy atom. The topological polar surface area (TPSA) is 88.5 Å². The van der Waals surface area contributed by atoms with Crippen molar-refractivity contribution in [3.8, 4) is 0 Å². The third-order valence-electron chi connectivity index (χ3n) is 2.78. The maximum absolute atomic E-state index is 11.8. The van der Waals surface area contributed by atoms with Crippen molar-refractivity contribution < 1.29 is 19.4 Å². The van der Waals surface area contributed by atoms with Crippen molar-refractivity contribution in [1.82, 2.24) is 10.3 Å². The normalized spacial score (nSPS) is 16.4. The lowest BCUT2D eigenvalue weighted by atomic mass is 9.99. The average Bonchev–Trinajstić information content (AvgIpc) is 2.86. The van der Waals surface area contributed by atoms with Gasteiger partial charge >= 0.3 is 5.97 Å². The molecular formula is C11H14N2O4S. The first-order valence-electron chi connectivity index (χ1n) is 5.70. The van der Waals surface area contributed by atoms with Crippen LogP contribution < -0.4 is 5.32 Å². The molecule has 1 aromatic rings. The van der Waals surface area contributed by atoms with Crippen LogP contribution in [-0.4, -0.2) is 35.2 Å². The molecule has 0 unspecified atom stereocenters. The van der Waals surface area contributed by atoms with Gasteiger partial charge in [-0.1, -0.05) is 0 Å². The summed E-state index contributed by atoms with van der Waals surface area (Å²) < 4.78 is 5.19. The fourth-order valence-electron chi connectivity index (χ4n) is 1.76. The molecule has 0 aliphatic carbocycles. The van der Waals surface area contributed by atoms with Gasteiger partial charge in [0.2, 0.25) is 5.91 Å². The van der Waals surface area contributed by atoms with E-state index in [0.717, 1.165) is 12.8 Å². The van der Waals surface area contributed by atoms with Crippen molar-refractivity contribution in [3.05, 3.63) is 16.1 Å². The van der Waals surface area contributed by atoms with Crippen LogP contribution in [0.25, 0.3) is 0 Å². The number of carboxylic acids is 1. The molecule has 1 fully saturated rings. The van der Waals surface area contributed by atoms with E-state index in [2.05, 4.69) is 10.3 Å². The third-order valence-corrected chi connectivity index (χ3v) is 3.63. The van der Waals surface area contributed by atoms with Crippen LogP contribution in [-0.2, 0) is 16.1 Å². The van der Waals surface area contributed by atoms with Gasteiger partial charge < -0.3 is 15.2 Å². The van der Waals surface area contributed by atoms with Crippen LogP contribution in [0.4, 0.5) is 0 Å². The summed E-state index contributed by atoms with van der Waals surface area (Å²) in [6, 6.07) is 0. The summed E-state index contributed by atoms with van der Waals surface area (Å²) in [6.07, 6.45) is 1.48. The molecule has 98 valence electrons. The average molecular weight is 270 g/mol. The van der Waals surface area contributed by atoms with Crippen molar-refractivity contribution >= 4 is 23.2 Å². The molecule has 1 amide bonds. The number of carbonyl (C=O) groups excluding carboxylic acids is 1. The molecule has 18 heavy (non-hydrogen) atoms. The number of aromatic nitrogens is 1. The van der Waals surface area contributed by atoms with Gasteiger partial charge in [0.25, 0.3) is 0 Å². The lowest BCUT2D eigenvalue weighted by Crippen LogP contribution is -2.33. The Morgan fingerprint density at radius 3 is 2.83 bits per heavy atom. The van der Waals surface area contributed by atoms with Crippen LogP contribution in [0.15, 0.2) is 5.38 Å². The maximum Gasteiger partial charge on any atom is 0.355 e. The summed E-state index contributed by atoms with van der Waals surface area (Å²) in [4.78, 5) is 26.4. The predicted octanol–water partition coefficient (Wildman–Crippen LogP) is 0.884. The SMILES string of the molecule is O=C(O)c1csc(CNC(=O)C2CCOCC2)n1. The summed E-state index contributed by atoms with van der Waals surface area (Å²) in [5.74, 6) is -1.06. The molecule has 1 aliphatic rings. The minimum atomic E-state index is -1.05. The van der Waals surface area contributed by atoms with Crippen molar-refractivity contribution in [2.24, 2.45) is 5.92 Å². The quantitative estimate of drug-likeness (QED) is 0.848. The van der Waals surface area contributed by atoms with E-state index in [-0.39, 0.29) is 24.1 Å². The zero-order valence-electron chi connectivity index (χ0n) is 9.72. The first-order valence-corrected chi connectivity index (χ1v) is 6.58. The van der Waals surface area contributed by atoms with E-state index in [4.69, 9.17) is 9.84 Å². The number of ether oxygens (including phenoxy) is 1. The Balaban J connectivity index is 1.82. The second-order valence-corrected chi connectivity index (χ2v) is 4.98. The van der Waals surface area contributed by atoms with E-state index >= 15 is 0 Å². The van der Waals surface area contributed by atoms with Crippen LogP contribution in [0.1, 0.15) is 28.3 Å². The molecule has 0 radical (unpaired) electrons. The van der Waals surface area contributed by atoms with Crippen molar-refractivity contribution in [2.75, 3.05) is 13.2 Å². The van der Waals surface area contributed by atoms with Gasteiger partial charge in [-0.2, -0.15) is 0 Å². The third kappa shape index (κ3) is 3.27. The Hall–Kier alpha value is -1.47. The number of amides is 1. The fourth-order valence-corrected chi connectivity index (χ4v) is 2.46. The van der Waals surface area contributed by atoms with Gasteiger partial charge in [-0.05, 0) is 12.8 Å². The number of aromatic carboxylic acids is 1. The van der Waals surface area contributed by atoms with Gasteiger partial charge in [0.1, 0.15) is 5.01 Å². The number of carboxylic acid groups (broad SMARTS) is 1. The summed E-state index contributed by atoms with van der Waals surface area (Å²) in [5.41, 5.74) is 0.0234. The highest BCUT2D eigenvalue weighted by molar-refractivity contribution is 7.09. The van der Waals surface area contributed by atoms with Crippen LogP contribution in [0, 0.1) is 5.92 Å². The van der Waals surface area contributed by atoms with E-state index in [0.29, 0.717) is 18.2 Å². The molecule has 1 saturated heterocycles. The maximum atomic E-state index is 11.8. The number of nitrogens with one attached hydrogen (secondary N) is 1. The molecule has 7 heteroatoms. The van der Waals surface area contributed by atoms with Crippen molar-refractivity contribution in [3.63, 3.8) is 0 Å². The van der Waals surface area contributed by atoms with Gasteiger partial charge in [0, 0.05) is 24.5 Å². The van der Waals surface area contributed by atoms with E-state index in [1.807, 2.05) is 0 Å². The molecule has 2 heterocycles. The molecule has 0 bridgehead atoms. The first-order chi connectivity index (χ1) is 8.66. The molecule has 1 aliphatic heterocycles. The molecule has 1 aromatic heterocycles. The number of nitrogens with zero attached hydrogens (tertiary/aromatic N) is 1. The molecule has 2 rings (SSSR count). The Labute approximate surface area is 108 Å². The zero-order valence-corrected chi connectivity index (χ0v) is 10.5. The second kappa shape index (κ2) is 5.92. The van der Waals surface area contributed by atoms with Gasteiger partial charge in [0.15, 0.2) is 5.69 Å². The molecule has 0 saturated carbocycles. The van der Waals surface area contributed by atoms with E-state index in [1.54, 1.807) is 0 Å². The number of carbonyl (C=O) groups is 2. The minimum Gasteiger partial charge on any atom is -0.476 e. The van der Waals surface area contributed by atoms with Crippen LogP contribution in [0.5, 0.6) is 0 Å². The number of thiazole rings is 1. The monoisotopic (exact) mass is 270 g/mol. The number of hydrogen-bond donors (Lipinski definition) is 2. The van der Waals surface area contributed by atoms with E-state index < -0.39 is 5.97 Å². The molecule has 2 N–H and O–H groups in total. The molecule has 0 atom stereocenters. The smallest absolute Gasteiger partial charge is 0.355 e. The zero-order chi connectivity index (χ0) is 13.0. The van der Waals surface area contributed by atoms with Gasteiger partial charge in [-0.25, -0.2) is 9.78 Å². The van der Waals surface area contributed by atoms with Crippen LogP contribution in [0.2, 0.25) is 0 Å². The Kier molecular flexibility index (Phi) is 4.27. The highest BCUT2D eigenvalue weighted by atomic mass is 32.1. The Bertz CT molecular complexity index is 440. The fraction of sp³-hybridized carbons (Fsp3) is 0.545. The van der Waals surface area contributed by atoms with Gasteiger partial charge in [-0.15, -0.1) is 11.3 Å². The highest BCUT2D eigenvalue weighted by Crippen LogP contribution is 2.15. The molecule has 6 nitrogen and oxygen atoms in total. The molecule has 0 spiro atoms. The van der Waals surface area contributed by atoms with Gasteiger partial charge in [0.05, 0.1) is 6.54 Å². The summed E-state index contributed by atoms with van der Waals surface area (Å²) >= 11 is 1.24. The van der Waals surface area contributed by atoms with E-state index in [9.17, 15) is 9.59 Å². The predicted molar refractivity (Wildman–Crippen MR) is 64.5 cm³/mol. The second-order valence-electron chi connectivity index (χ2n) is 4.04. The van der Waals surface area contributed by atoms with Crippen LogP contribution in [0.3, 0.4) is 0 Å². The highest BCUT2D eigenvalue weighted by Gasteiger charge is 2.21. The summed E-state index contributed by atoms with van der Waals surface area (Å²) in [7, 11) is 0. The van der Waals surface area contributed by atoms with Crippen molar-refractivity contribution in [1.29, 1.82) is 0 Å². The van der Waals surface area contributed by atoms with E-state index in [1.165, 1.54) is 16.7 Å². The summed E-state index contributed by atoms with van der Waals surface area (Å²) in [6.45, 7) is 1.53.